The van der Waals surface area contributed by atoms with E-state index in [1.807, 2.05) is 45.0 Å². The first-order chi connectivity index (χ1) is 17.9. The lowest BCUT2D eigenvalue weighted by atomic mass is 10.1. The van der Waals surface area contributed by atoms with Crippen LogP contribution in [0.15, 0.2) is 77.7 Å². The van der Waals surface area contributed by atoms with Crippen LogP contribution in [0.5, 0.6) is 0 Å². The number of anilines is 1. The summed E-state index contributed by atoms with van der Waals surface area (Å²) in [5.41, 5.74) is 2.78. The Hall–Kier alpha value is -3.36. The van der Waals surface area contributed by atoms with Crippen LogP contribution in [0.1, 0.15) is 37.5 Å². The van der Waals surface area contributed by atoms with Crippen LogP contribution < -0.4 is 9.62 Å². The van der Waals surface area contributed by atoms with Crippen molar-refractivity contribution < 1.29 is 18.0 Å². The second-order valence-electron chi connectivity index (χ2n) is 9.61. The lowest BCUT2D eigenvalue weighted by Crippen LogP contribution is -2.52. The average Bonchev–Trinajstić information content (AvgIpc) is 2.87. The van der Waals surface area contributed by atoms with Crippen LogP contribution in [-0.4, -0.2) is 43.8 Å². The van der Waals surface area contributed by atoms with E-state index in [-0.39, 0.29) is 23.4 Å². The Labute approximate surface area is 230 Å². The predicted molar refractivity (Wildman–Crippen MR) is 152 cm³/mol. The monoisotopic (exact) mass is 555 g/mol. The normalized spacial score (nSPS) is 12.2. The van der Waals surface area contributed by atoms with Crippen molar-refractivity contribution in [1.29, 1.82) is 0 Å². The number of amides is 2. The number of nitrogens with one attached hydrogen (secondary N) is 1. The molecule has 0 saturated heterocycles. The molecule has 38 heavy (non-hydrogen) atoms. The average molecular weight is 556 g/mol. The molecule has 1 N–H and O–H groups in total. The van der Waals surface area contributed by atoms with Crippen LogP contribution in [0.2, 0.25) is 5.02 Å². The first kappa shape index (κ1) is 29.2. The molecule has 0 aromatic heterocycles. The van der Waals surface area contributed by atoms with Crippen molar-refractivity contribution in [2.45, 2.75) is 58.1 Å². The molecule has 1 atom stereocenters. The molecule has 0 aliphatic carbocycles. The summed E-state index contributed by atoms with van der Waals surface area (Å²) in [6, 6.07) is 19.5. The van der Waals surface area contributed by atoms with Crippen LogP contribution in [0.4, 0.5) is 5.69 Å². The van der Waals surface area contributed by atoms with Gasteiger partial charge in [0.2, 0.25) is 11.8 Å². The molecule has 0 radical (unpaired) electrons. The van der Waals surface area contributed by atoms with Gasteiger partial charge in [-0.15, -0.1) is 0 Å². The fourth-order valence-corrected chi connectivity index (χ4v) is 5.74. The summed E-state index contributed by atoms with van der Waals surface area (Å²) in [7, 11) is -4.14. The van der Waals surface area contributed by atoms with Gasteiger partial charge in [0, 0.05) is 17.6 Å². The summed E-state index contributed by atoms with van der Waals surface area (Å²) in [5, 5.41) is 3.19. The Morgan fingerprint density at radius 1 is 0.921 bits per heavy atom. The van der Waals surface area contributed by atoms with Gasteiger partial charge in [-0.2, -0.15) is 0 Å². The lowest BCUT2D eigenvalue weighted by molar-refractivity contribution is -0.139. The van der Waals surface area contributed by atoms with E-state index in [9.17, 15) is 18.0 Å². The zero-order valence-electron chi connectivity index (χ0n) is 22.3. The molecule has 0 aliphatic rings. The van der Waals surface area contributed by atoms with Gasteiger partial charge in [0.05, 0.1) is 10.6 Å². The van der Waals surface area contributed by atoms with E-state index in [0.717, 1.165) is 15.4 Å². The molecule has 0 fully saturated rings. The Morgan fingerprint density at radius 3 is 2.24 bits per heavy atom. The first-order valence-corrected chi connectivity index (χ1v) is 14.2. The number of aryl methyl sites for hydroxylation is 2. The number of carbonyl (C=O) groups excluding carboxylic acids is 2. The van der Waals surface area contributed by atoms with Crippen molar-refractivity contribution in [3.05, 3.63) is 94.5 Å². The van der Waals surface area contributed by atoms with Crippen molar-refractivity contribution in [1.82, 2.24) is 10.2 Å². The Morgan fingerprint density at radius 2 is 1.61 bits per heavy atom. The van der Waals surface area contributed by atoms with E-state index in [2.05, 4.69) is 5.32 Å². The van der Waals surface area contributed by atoms with Gasteiger partial charge in [-0.25, -0.2) is 8.42 Å². The van der Waals surface area contributed by atoms with Crippen molar-refractivity contribution in [3.63, 3.8) is 0 Å². The Balaban J connectivity index is 2.07. The molecule has 3 aromatic rings. The quantitative estimate of drug-likeness (QED) is 0.377. The minimum Gasteiger partial charge on any atom is -0.352 e. The second-order valence-corrected chi connectivity index (χ2v) is 11.9. The maximum atomic E-state index is 13.9. The summed E-state index contributed by atoms with van der Waals surface area (Å²) in [6.45, 7) is 8.66. The highest BCUT2D eigenvalue weighted by atomic mass is 35.5. The number of benzene rings is 3. The summed E-state index contributed by atoms with van der Waals surface area (Å²) in [6.07, 6.45) is 0. The van der Waals surface area contributed by atoms with Crippen molar-refractivity contribution in [2.24, 2.45) is 0 Å². The molecule has 3 rings (SSSR count). The maximum Gasteiger partial charge on any atom is 0.264 e. The molecule has 0 bridgehead atoms. The molecule has 2 amide bonds. The van der Waals surface area contributed by atoms with E-state index in [1.54, 1.807) is 44.2 Å². The van der Waals surface area contributed by atoms with Crippen molar-refractivity contribution in [3.8, 4) is 0 Å². The summed E-state index contributed by atoms with van der Waals surface area (Å²) in [5.74, 6) is -0.839. The molecule has 0 unspecified atom stereocenters. The summed E-state index contributed by atoms with van der Waals surface area (Å²) in [4.78, 5) is 28.4. The maximum absolute atomic E-state index is 13.9. The number of hydrogen-bond donors (Lipinski definition) is 1. The van der Waals surface area contributed by atoms with E-state index in [0.29, 0.717) is 16.3 Å². The van der Waals surface area contributed by atoms with Gasteiger partial charge in [0.25, 0.3) is 10.0 Å². The number of hydrogen-bond acceptors (Lipinski definition) is 4. The minimum absolute atomic E-state index is 0.0445. The van der Waals surface area contributed by atoms with Crippen LogP contribution in [0.25, 0.3) is 0 Å². The van der Waals surface area contributed by atoms with Crippen molar-refractivity contribution >= 4 is 39.1 Å². The Kier molecular flexibility index (Phi) is 9.57. The third kappa shape index (κ3) is 7.14. The minimum atomic E-state index is -4.14. The van der Waals surface area contributed by atoms with E-state index in [1.165, 1.54) is 23.1 Å². The molecule has 0 heterocycles. The number of sulfonamides is 1. The topological polar surface area (TPSA) is 86.8 Å². The summed E-state index contributed by atoms with van der Waals surface area (Å²) < 4.78 is 28.8. The zero-order chi connectivity index (χ0) is 28.0. The Bertz CT molecular complexity index is 1390. The van der Waals surface area contributed by atoms with Crippen LogP contribution >= 0.6 is 11.6 Å². The van der Waals surface area contributed by atoms with Gasteiger partial charge < -0.3 is 10.2 Å². The molecule has 0 aliphatic heterocycles. The van der Waals surface area contributed by atoms with Crippen LogP contribution in [0, 0.1) is 13.8 Å². The van der Waals surface area contributed by atoms with Gasteiger partial charge in [-0.3, -0.25) is 13.9 Å². The number of halogens is 1. The second kappa shape index (κ2) is 12.5. The smallest absolute Gasteiger partial charge is 0.264 e. The van der Waals surface area contributed by atoms with E-state index >= 15 is 0 Å². The standard InChI is InChI=1S/C29H34ClN3O4S/c1-20(2)31-29(35)23(5)32(18-24-11-9-10-21(3)16-24)28(34)19-33(27-17-25(30)15-14-22(27)4)38(36,37)26-12-7-6-8-13-26/h6-17,20,23H,18-19H2,1-5H3,(H,31,35)/t23-/m0/s1. The fourth-order valence-electron chi connectivity index (χ4n) is 4.08. The molecule has 7 nitrogen and oxygen atoms in total. The van der Waals surface area contributed by atoms with Crippen molar-refractivity contribution in [2.75, 3.05) is 10.8 Å². The number of rotatable bonds is 10. The number of nitrogens with zero attached hydrogens (tertiary/aromatic N) is 2. The SMILES string of the molecule is Cc1cccc(CN(C(=O)CN(c2cc(Cl)ccc2C)S(=O)(=O)c2ccccc2)[C@@H](C)C(=O)NC(C)C)c1. The molecule has 0 spiro atoms. The predicted octanol–water partition coefficient (Wildman–Crippen LogP) is 5.09. The molecular weight excluding hydrogens is 522 g/mol. The lowest BCUT2D eigenvalue weighted by Gasteiger charge is -2.32. The third-order valence-corrected chi connectivity index (χ3v) is 8.09. The third-order valence-electron chi connectivity index (χ3n) is 6.08. The molecule has 202 valence electrons. The van der Waals surface area contributed by atoms with Gasteiger partial charge in [0.1, 0.15) is 12.6 Å². The van der Waals surface area contributed by atoms with Gasteiger partial charge in [-0.1, -0.05) is 65.7 Å². The molecule has 9 heteroatoms. The fraction of sp³-hybridized carbons (Fsp3) is 0.310. The molecule has 3 aromatic carbocycles. The largest absolute Gasteiger partial charge is 0.352 e. The van der Waals surface area contributed by atoms with Crippen LogP contribution in [-0.2, 0) is 26.2 Å². The van der Waals surface area contributed by atoms with Gasteiger partial charge >= 0.3 is 0 Å². The molecular formula is C29H34ClN3O4S. The molecule has 0 saturated carbocycles. The number of carbonyl (C=O) groups is 2. The highest BCUT2D eigenvalue weighted by Crippen LogP contribution is 2.30. The van der Waals surface area contributed by atoms with E-state index < -0.39 is 28.5 Å². The van der Waals surface area contributed by atoms with Crippen LogP contribution in [0.3, 0.4) is 0 Å². The highest BCUT2D eigenvalue weighted by Gasteiger charge is 2.33. The van der Waals surface area contributed by atoms with E-state index in [4.69, 9.17) is 11.6 Å². The first-order valence-electron chi connectivity index (χ1n) is 12.4. The van der Waals surface area contributed by atoms with Gasteiger partial charge in [-0.05, 0) is 70.0 Å². The summed E-state index contributed by atoms with van der Waals surface area (Å²) >= 11 is 6.25. The van der Waals surface area contributed by atoms with Gasteiger partial charge in [0.15, 0.2) is 0 Å². The highest BCUT2D eigenvalue weighted by molar-refractivity contribution is 7.92. The zero-order valence-corrected chi connectivity index (χ0v) is 23.9.